The normalized spacial score (nSPS) is 17.6. The second-order valence-corrected chi connectivity index (χ2v) is 5.12. The Kier molecular flexibility index (Phi) is 5.99. The van der Waals surface area contributed by atoms with E-state index >= 15 is 0 Å². The van der Waals surface area contributed by atoms with E-state index < -0.39 is 17.9 Å². The molecule has 1 aliphatic rings. The van der Waals surface area contributed by atoms with E-state index in [1.807, 2.05) is 0 Å². The van der Waals surface area contributed by atoms with Crippen LogP contribution in [0.5, 0.6) is 0 Å². The maximum atomic E-state index is 12.5. The second-order valence-electron chi connectivity index (χ2n) is 5.12. The van der Waals surface area contributed by atoms with E-state index in [0.717, 1.165) is 6.21 Å². The molecule has 0 aromatic carbocycles. The topological polar surface area (TPSA) is 110 Å². The van der Waals surface area contributed by atoms with E-state index in [2.05, 4.69) is 10.5 Å². The van der Waals surface area contributed by atoms with Gasteiger partial charge < -0.3 is 24.4 Å². The van der Waals surface area contributed by atoms with Crippen LogP contribution in [-0.4, -0.2) is 36.6 Å². The third-order valence-electron chi connectivity index (χ3n) is 3.60. The van der Waals surface area contributed by atoms with Gasteiger partial charge in [0.25, 0.3) is 0 Å². The Morgan fingerprint density at radius 1 is 1.28 bits per heavy atom. The Balaban J connectivity index is 2.65. The first-order chi connectivity index (χ1) is 12.0. The van der Waals surface area contributed by atoms with Gasteiger partial charge in [-0.2, -0.15) is 0 Å². The number of dihydropyridines is 1. The third-order valence-corrected chi connectivity index (χ3v) is 3.60. The summed E-state index contributed by atoms with van der Waals surface area (Å²) in [7, 11) is 0. The summed E-state index contributed by atoms with van der Waals surface area (Å²) in [5, 5.41) is 14.8. The monoisotopic (exact) mass is 348 g/mol. The standard InChI is InChI=1S/C17H20N2O6/c1-4-23-16(20)13-10(3)19-11(9-18-22)14(17(21)24-5-2)15(13)12-7-6-8-25-12/h6-9,15,19,22H,4-5H2,1-3H3/b18-9-. The van der Waals surface area contributed by atoms with Gasteiger partial charge in [-0.15, -0.1) is 0 Å². The number of carbonyl (C=O) groups is 2. The van der Waals surface area contributed by atoms with Crippen LogP contribution < -0.4 is 5.32 Å². The van der Waals surface area contributed by atoms with Crippen molar-refractivity contribution in [1.82, 2.24) is 5.32 Å². The highest BCUT2D eigenvalue weighted by Gasteiger charge is 2.40. The predicted molar refractivity (Wildman–Crippen MR) is 87.9 cm³/mol. The highest BCUT2D eigenvalue weighted by molar-refractivity contribution is 6.03. The molecule has 8 heteroatoms. The lowest BCUT2D eigenvalue weighted by Crippen LogP contribution is -2.33. The summed E-state index contributed by atoms with van der Waals surface area (Å²) < 4.78 is 15.7. The van der Waals surface area contributed by atoms with Crippen LogP contribution in [0, 0.1) is 0 Å². The molecule has 2 N–H and O–H groups in total. The number of hydrogen-bond donors (Lipinski definition) is 2. The Hall–Kier alpha value is -3.03. The largest absolute Gasteiger partial charge is 0.468 e. The van der Waals surface area contributed by atoms with Crippen LogP contribution in [-0.2, 0) is 19.1 Å². The van der Waals surface area contributed by atoms with Crippen LogP contribution in [0.25, 0.3) is 0 Å². The second kappa shape index (κ2) is 8.18. The van der Waals surface area contributed by atoms with E-state index in [9.17, 15) is 9.59 Å². The van der Waals surface area contributed by atoms with Gasteiger partial charge in [-0.3, -0.25) is 0 Å². The van der Waals surface area contributed by atoms with Crippen molar-refractivity contribution >= 4 is 18.2 Å². The average molecular weight is 348 g/mol. The fraction of sp³-hybridized carbons (Fsp3) is 0.353. The summed E-state index contributed by atoms with van der Waals surface area (Å²) in [5.74, 6) is -1.70. The van der Waals surface area contributed by atoms with E-state index in [4.69, 9.17) is 19.1 Å². The van der Waals surface area contributed by atoms with Crippen molar-refractivity contribution in [3.8, 4) is 0 Å². The molecule has 2 heterocycles. The molecule has 0 bridgehead atoms. The zero-order valence-corrected chi connectivity index (χ0v) is 14.2. The highest BCUT2D eigenvalue weighted by atomic mass is 16.5. The number of furan rings is 1. The minimum atomic E-state index is -0.845. The number of esters is 2. The number of nitrogens with zero attached hydrogens (tertiary/aromatic N) is 1. The lowest BCUT2D eigenvalue weighted by atomic mass is 9.83. The zero-order valence-electron chi connectivity index (χ0n) is 14.2. The van der Waals surface area contributed by atoms with Gasteiger partial charge in [0.05, 0.1) is 48.5 Å². The van der Waals surface area contributed by atoms with Crippen molar-refractivity contribution in [3.05, 3.63) is 46.7 Å². The van der Waals surface area contributed by atoms with Crippen LogP contribution >= 0.6 is 0 Å². The van der Waals surface area contributed by atoms with Crippen molar-refractivity contribution in [2.45, 2.75) is 26.7 Å². The van der Waals surface area contributed by atoms with Crippen molar-refractivity contribution in [1.29, 1.82) is 0 Å². The smallest absolute Gasteiger partial charge is 0.337 e. The molecule has 0 aliphatic carbocycles. The van der Waals surface area contributed by atoms with Gasteiger partial charge in [-0.05, 0) is 32.9 Å². The summed E-state index contributed by atoms with van der Waals surface area (Å²) in [6.45, 7) is 5.36. The molecule has 1 aliphatic heterocycles. The first-order valence-corrected chi connectivity index (χ1v) is 7.82. The molecule has 0 saturated carbocycles. The fourth-order valence-electron chi connectivity index (χ4n) is 2.67. The van der Waals surface area contributed by atoms with E-state index in [0.29, 0.717) is 11.5 Å². The molecule has 0 fully saturated rings. The van der Waals surface area contributed by atoms with E-state index in [1.165, 1.54) is 6.26 Å². The first kappa shape index (κ1) is 18.3. The number of nitrogens with one attached hydrogen (secondary N) is 1. The molecule has 2 rings (SSSR count). The molecule has 25 heavy (non-hydrogen) atoms. The molecular formula is C17H20N2O6. The summed E-state index contributed by atoms with van der Waals surface area (Å²) >= 11 is 0. The van der Waals surface area contributed by atoms with Gasteiger partial charge in [0.1, 0.15) is 5.76 Å². The van der Waals surface area contributed by atoms with Gasteiger partial charge in [0, 0.05) is 5.70 Å². The molecule has 134 valence electrons. The average Bonchev–Trinajstić information content (AvgIpc) is 3.09. The predicted octanol–water partition coefficient (Wildman–Crippen LogP) is 2.08. The maximum absolute atomic E-state index is 12.5. The lowest BCUT2D eigenvalue weighted by Gasteiger charge is -2.28. The molecule has 0 amide bonds. The highest BCUT2D eigenvalue weighted by Crippen LogP contribution is 2.39. The lowest BCUT2D eigenvalue weighted by molar-refractivity contribution is -0.139. The van der Waals surface area contributed by atoms with E-state index in [-0.39, 0.29) is 30.1 Å². The molecule has 0 radical (unpaired) electrons. The van der Waals surface area contributed by atoms with Crippen LogP contribution in [0.2, 0.25) is 0 Å². The Morgan fingerprint density at radius 2 is 1.92 bits per heavy atom. The van der Waals surface area contributed by atoms with Crippen LogP contribution in [0.1, 0.15) is 32.4 Å². The van der Waals surface area contributed by atoms with E-state index in [1.54, 1.807) is 32.9 Å². The minimum Gasteiger partial charge on any atom is -0.468 e. The summed E-state index contributed by atoms with van der Waals surface area (Å²) in [6.07, 6.45) is 2.52. The maximum Gasteiger partial charge on any atom is 0.337 e. The van der Waals surface area contributed by atoms with Crippen LogP contribution in [0.15, 0.2) is 50.5 Å². The van der Waals surface area contributed by atoms with Crippen LogP contribution in [0.4, 0.5) is 0 Å². The fourth-order valence-corrected chi connectivity index (χ4v) is 2.67. The van der Waals surface area contributed by atoms with Gasteiger partial charge in [0.2, 0.25) is 0 Å². The molecule has 1 atom stereocenters. The summed E-state index contributed by atoms with van der Waals surface area (Å²) in [4.78, 5) is 25.0. The molecule has 1 aromatic heterocycles. The van der Waals surface area contributed by atoms with Crippen molar-refractivity contribution in [3.63, 3.8) is 0 Å². The number of ether oxygens (including phenoxy) is 2. The third kappa shape index (κ3) is 3.73. The molecule has 1 aromatic rings. The van der Waals surface area contributed by atoms with Gasteiger partial charge in [-0.1, -0.05) is 5.16 Å². The quantitative estimate of drug-likeness (QED) is 0.350. The molecule has 0 saturated heterocycles. The number of carbonyl (C=O) groups excluding carboxylic acids is 2. The Labute approximate surface area is 144 Å². The van der Waals surface area contributed by atoms with Crippen LogP contribution in [0.3, 0.4) is 0 Å². The Bertz CT molecular complexity index is 730. The molecular weight excluding hydrogens is 328 g/mol. The first-order valence-electron chi connectivity index (χ1n) is 7.82. The summed E-state index contributed by atoms with van der Waals surface area (Å²) in [6, 6.07) is 3.30. The van der Waals surface area contributed by atoms with Crippen molar-refractivity contribution < 1.29 is 28.7 Å². The number of allylic oxidation sites excluding steroid dienone is 2. The molecule has 8 nitrogen and oxygen atoms in total. The molecule has 1 unspecified atom stereocenters. The SMILES string of the molecule is CCOC(=O)C1=C(C)NC(/C=N\O)=C(C(=O)OCC)C1c1ccco1. The zero-order chi connectivity index (χ0) is 18.4. The Morgan fingerprint density at radius 3 is 2.44 bits per heavy atom. The minimum absolute atomic E-state index is 0.100. The van der Waals surface area contributed by atoms with Gasteiger partial charge in [0.15, 0.2) is 0 Å². The summed E-state index contributed by atoms with van der Waals surface area (Å²) in [5.41, 5.74) is 1.01. The van der Waals surface area contributed by atoms with Gasteiger partial charge >= 0.3 is 11.9 Å². The number of rotatable bonds is 6. The number of hydrogen-bond acceptors (Lipinski definition) is 8. The van der Waals surface area contributed by atoms with Crippen molar-refractivity contribution in [2.24, 2.45) is 5.16 Å². The molecule has 0 spiro atoms. The number of oxime groups is 1. The van der Waals surface area contributed by atoms with Crippen molar-refractivity contribution in [2.75, 3.05) is 13.2 Å². The van der Waals surface area contributed by atoms with Gasteiger partial charge in [-0.25, -0.2) is 9.59 Å².